The van der Waals surface area contributed by atoms with E-state index < -0.39 is 31.1 Å². The predicted octanol–water partition coefficient (Wildman–Crippen LogP) is 0.927. The molecule has 1 heterocycles. The average molecular weight is 302 g/mol. The van der Waals surface area contributed by atoms with Crippen LogP contribution in [0.2, 0.25) is 0 Å². The molecule has 2 atom stereocenters. The minimum atomic E-state index is -1.43. The fraction of sp³-hybridized carbons (Fsp3) is 1.00. The minimum absolute atomic E-state index is 0.274. The van der Waals surface area contributed by atoms with Crippen LogP contribution in [0.3, 0.4) is 0 Å². The Morgan fingerprint density at radius 1 is 1.25 bits per heavy atom. The SMILES string of the molecule is FC1CC(F)[O][Ir][O]1. The first-order valence-corrected chi connectivity index (χ1v) is 3.95. The molecule has 0 aromatic heterocycles. The van der Waals surface area contributed by atoms with Gasteiger partial charge in [-0.05, 0) is 0 Å². The summed E-state index contributed by atoms with van der Waals surface area (Å²) >= 11 is -1.23. The summed E-state index contributed by atoms with van der Waals surface area (Å²) in [6.45, 7) is 0. The van der Waals surface area contributed by atoms with E-state index >= 15 is 0 Å². The number of rotatable bonds is 0. The van der Waals surface area contributed by atoms with Gasteiger partial charge in [-0.15, -0.1) is 0 Å². The Kier molecular flexibility index (Phi) is 2.31. The van der Waals surface area contributed by atoms with E-state index in [4.69, 9.17) is 0 Å². The third-order valence-corrected chi connectivity index (χ3v) is 2.29. The van der Waals surface area contributed by atoms with E-state index in [1.165, 1.54) is 0 Å². The third kappa shape index (κ3) is 1.74. The number of halogens is 2. The zero-order chi connectivity index (χ0) is 5.98. The van der Waals surface area contributed by atoms with Crippen LogP contribution in [0.15, 0.2) is 0 Å². The molecule has 0 radical (unpaired) electrons. The Balaban J connectivity index is 2.23. The molecule has 0 saturated carbocycles. The van der Waals surface area contributed by atoms with Crippen molar-refractivity contribution in [2.75, 3.05) is 0 Å². The van der Waals surface area contributed by atoms with Crippen LogP contribution in [0.4, 0.5) is 8.78 Å². The Morgan fingerprint density at radius 2 is 1.75 bits per heavy atom. The predicted molar refractivity (Wildman–Crippen MR) is 16.6 cm³/mol. The summed E-state index contributed by atoms with van der Waals surface area (Å²) in [5.41, 5.74) is 0. The van der Waals surface area contributed by atoms with Crippen molar-refractivity contribution in [1.29, 1.82) is 0 Å². The maximum absolute atomic E-state index is 11.9. The molecule has 0 N–H and O–H groups in total. The summed E-state index contributed by atoms with van der Waals surface area (Å²) in [6, 6.07) is 0. The van der Waals surface area contributed by atoms with Crippen LogP contribution in [0.1, 0.15) is 6.42 Å². The number of alkyl halides is 2. The molecule has 0 aliphatic carbocycles. The Hall–Kier alpha value is 0.429. The number of hydrogen-bond acceptors (Lipinski definition) is 2. The van der Waals surface area contributed by atoms with Gasteiger partial charge in [0.1, 0.15) is 0 Å². The molecule has 0 aromatic rings. The van der Waals surface area contributed by atoms with E-state index in [-0.39, 0.29) is 6.42 Å². The Bertz CT molecular complexity index is 73.7. The third-order valence-electron chi connectivity index (χ3n) is 0.605. The van der Waals surface area contributed by atoms with Gasteiger partial charge < -0.3 is 0 Å². The second-order valence-electron chi connectivity index (χ2n) is 1.27. The van der Waals surface area contributed by atoms with Gasteiger partial charge in [-0.25, -0.2) is 0 Å². The van der Waals surface area contributed by atoms with Gasteiger partial charge in [-0.1, -0.05) is 0 Å². The molecule has 51 valence electrons. The first kappa shape index (κ1) is 6.55. The van der Waals surface area contributed by atoms with Crippen LogP contribution >= 0.6 is 0 Å². The standard InChI is InChI=1S/C3H4F2O2.Ir/c4-2(6)1-3(5)7;/h2-3H,1H2;/q-2;+2. The first-order chi connectivity index (χ1) is 3.79. The van der Waals surface area contributed by atoms with Gasteiger partial charge in [0.05, 0.1) is 0 Å². The van der Waals surface area contributed by atoms with Crippen molar-refractivity contribution in [2.24, 2.45) is 0 Å². The monoisotopic (exact) mass is 303 g/mol. The van der Waals surface area contributed by atoms with Crippen molar-refractivity contribution in [2.45, 2.75) is 19.1 Å². The molecule has 1 aliphatic heterocycles. The molecule has 0 aromatic carbocycles. The van der Waals surface area contributed by atoms with Crippen molar-refractivity contribution in [1.82, 2.24) is 0 Å². The molecular formula is C3H4F2IrO2. The zero-order valence-corrected chi connectivity index (χ0v) is 6.16. The van der Waals surface area contributed by atoms with Gasteiger partial charge in [0.25, 0.3) is 0 Å². The molecule has 2 unspecified atom stereocenters. The first-order valence-electron chi connectivity index (χ1n) is 2.00. The van der Waals surface area contributed by atoms with Crippen molar-refractivity contribution in [3.05, 3.63) is 0 Å². The van der Waals surface area contributed by atoms with Crippen LogP contribution in [-0.4, -0.2) is 12.7 Å². The molecule has 2 nitrogen and oxygen atoms in total. The second-order valence-corrected chi connectivity index (χ2v) is 2.80. The Morgan fingerprint density at radius 3 is 2.00 bits per heavy atom. The van der Waals surface area contributed by atoms with Crippen LogP contribution in [-0.2, 0) is 25.4 Å². The van der Waals surface area contributed by atoms with Crippen molar-refractivity contribution in [3.8, 4) is 0 Å². The van der Waals surface area contributed by atoms with Crippen LogP contribution in [0, 0.1) is 0 Å². The van der Waals surface area contributed by atoms with Gasteiger partial charge in [-0.2, -0.15) is 0 Å². The van der Waals surface area contributed by atoms with Gasteiger partial charge in [0, 0.05) is 0 Å². The molecule has 1 rings (SSSR count). The summed E-state index contributed by atoms with van der Waals surface area (Å²) in [6.07, 6.45) is -3.14. The van der Waals surface area contributed by atoms with E-state index in [0.29, 0.717) is 0 Å². The van der Waals surface area contributed by atoms with Crippen molar-refractivity contribution in [3.63, 3.8) is 0 Å². The van der Waals surface area contributed by atoms with Gasteiger partial charge >= 0.3 is 53.3 Å². The maximum atomic E-state index is 11.9. The van der Waals surface area contributed by atoms with E-state index in [0.717, 1.165) is 0 Å². The zero-order valence-electron chi connectivity index (χ0n) is 3.77. The molecule has 0 spiro atoms. The Labute approximate surface area is 54.0 Å². The van der Waals surface area contributed by atoms with E-state index in [9.17, 15) is 8.78 Å². The van der Waals surface area contributed by atoms with E-state index in [1.807, 2.05) is 0 Å². The van der Waals surface area contributed by atoms with Gasteiger partial charge in [0.15, 0.2) is 0 Å². The molecule has 8 heavy (non-hydrogen) atoms. The summed E-state index contributed by atoms with van der Waals surface area (Å²) in [5, 5.41) is 0. The second kappa shape index (κ2) is 2.82. The fourth-order valence-corrected chi connectivity index (χ4v) is 1.39. The summed E-state index contributed by atoms with van der Waals surface area (Å²) < 4.78 is 32.5. The quantitative estimate of drug-likeness (QED) is 0.663. The normalized spacial score (nSPS) is 40.8. The molecule has 5 heteroatoms. The average Bonchev–Trinajstić information content (AvgIpc) is 1.64. The molecule has 0 bridgehead atoms. The molecular weight excluding hydrogens is 298 g/mol. The van der Waals surface area contributed by atoms with Crippen LogP contribution < -0.4 is 0 Å². The van der Waals surface area contributed by atoms with E-state index in [1.54, 1.807) is 0 Å². The van der Waals surface area contributed by atoms with Gasteiger partial charge in [-0.3, -0.25) is 0 Å². The number of hydrogen-bond donors (Lipinski definition) is 0. The van der Waals surface area contributed by atoms with Crippen molar-refractivity contribution >= 4 is 0 Å². The molecule has 1 fully saturated rings. The molecule has 1 aliphatic rings. The fourth-order valence-electron chi connectivity index (χ4n) is 0.298. The van der Waals surface area contributed by atoms with Crippen LogP contribution in [0.5, 0.6) is 0 Å². The van der Waals surface area contributed by atoms with Crippen molar-refractivity contribution < 1.29 is 34.2 Å². The van der Waals surface area contributed by atoms with E-state index in [2.05, 4.69) is 6.99 Å². The summed E-state index contributed by atoms with van der Waals surface area (Å²) in [7, 11) is 0. The molecule has 1 saturated heterocycles. The van der Waals surface area contributed by atoms with Crippen LogP contribution in [0.25, 0.3) is 0 Å². The summed E-state index contributed by atoms with van der Waals surface area (Å²) in [5.74, 6) is 0. The topological polar surface area (TPSA) is 18.5 Å². The summed E-state index contributed by atoms with van der Waals surface area (Å²) in [4.78, 5) is 0. The van der Waals surface area contributed by atoms with Gasteiger partial charge in [0.2, 0.25) is 0 Å². The molecule has 0 amide bonds.